The Morgan fingerprint density at radius 1 is 1.25 bits per heavy atom. The first-order valence-corrected chi connectivity index (χ1v) is 10.9. The molecule has 3 heterocycles. The number of ether oxygens (including phenoxy) is 1. The number of para-hydroxylation sites is 1. The van der Waals surface area contributed by atoms with Gasteiger partial charge in [0.15, 0.2) is 0 Å². The molecule has 8 nitrogen and oxygen atoms in total. The molecule has 0 aliphatic carbocycles. The molecule has 1 fully saturated rings. The van der Waals surface area contributed by atoms with E-state index in [4.69, 9.17) is 9.72 Å². The fourth-order valence-electron chi connectivity index (χ4n) is 4.21. The molecule has 32 heavy (non-hydrogen) atoms. The van der Waals surface area contributed by atoms with E-state index in [1.54, 1.807) is 11.8 Å². The van der Waals surface area contributed by atoms with E-state index in [9.17, 15) is 4.79 Å². The number of nitrogens with zero attached hydrogens (tertiary/aromatic N) is 6. The average molecular weight is 435 g/mol. The molecule has 0 bridgehead atoms. The van der Waals surface area contributed by atoms with Crippen LogP contribution >= 0.6 is 0 Å². The first-order valence-electron chi connectivity index (χ1n) is 10.9. The van der Waals surface area contributed by atoms with Crippen molar-refractivity contribution >= 4 is 11.9 Å². The van der Waals surface area contributed by atoms with Crippen molar-refractivity contribution < 1.29 is 9.53 Å². The lowest BCUT2D eigenvalue weighted by Crippen LogP contribution is -2.28. The third kappa shape index (κ3) is 4.59. The number of amides is 1. The van der Waals surface area contributed by atoms with Crippen LogP contribution in [0.2, 0.25) is 0 Å². The topological polar surface area (TPSA) is 76.4 Å². The largest absolute Gasteiger partial charge is 0.496 e. The molecule has 2 aromatic heterocycles. The summed E-state index contributed by atoms with van der Waals surface area (Å²) < 4.78 is 7.19. The van der Waals surface area contributed by atoms with Crippen LogP contribution in [-0.2, 0) is 18.3 Å². The highest BCUT2D eigenvalue weighted by Gasteiger charge is 2.30. The summed E-state index contributed by atoms with van der Waals surface area (Å²) in [5, 5.41) is 4.30. The lowest BCUT2D eigenvalue weighted by molar-refractivity contribution is -0.130. The van der Waals surface area contributed by atoms with Gasteiger partial charge < -0.3 is 14.5 Å². The molecule has 0 radical (unpaired) electrons. The number of carbonyl (C=O) groups excluding carboxylic acids is 1. The molecule has 0 saturated carbocycles. The van der Waals surface area contributed by atoms with Gasteiger partial charge in [-0.05, 0) is 24.5 Å². The Morgan fingerprint density at radius 2 is 2.06 bits per heavy atom. The summed E-state index contributed by atoms with van der Waals surface area (Å²) in [7, 11) is 7.43. The zero-order chi connectivity index (χ0) is 22.7. The number of anilines is 1. The number of aryl methyl sites for hydroxylation is 2. The molecule has 1 amide bonds. The summed E-state index contributed by atoms with van der Waals surface area (Å²) in [5.74, 6) is 1.84. The van der Waals surface area contributed by atoms with Gasteiger partial charge in [0.2, 0.25) is 11.9 Å². The predicted molar refractivity (Wildman–Crippen MR) is 124 cm³/mol. The number of benzene rings is 1. The van der Waals surface area contributed by atoms with E-state index >= 15 is 0 Å². The van der Waals surface area contributed by atoms with E-state index in [-0.39, 0.29) is 11.8 Å². The minimum Gasteiger partial charge on any atom is -0.496 e. The summed E-state index contributed by atoms with van der Waals surface area (Å²) in [6.07, 6.45) is 7.71. The second-order valence-electron chi connectivity index (χ2n) is 8.40. The van der Waals surface area contributed by atoms with E-state index in [0.717, 1.165) is 41.1 Å². The number of methoxy groups -OCH3 is 1. The van der Waals surface area contributed by atoms with Gasteiger partial charge in [0, 0.05) is 70.1 Å². The van der Waals surface area contributed by atoms with Crippen molar-refractivity contribution in [1.82, 2.24) is 24.6 Å². The van der Waals surface area contributed by atoms with Gasteiger partial charge in [-0.25, -0.2) is 9.97 Å². The normalized spacial score (nSPS) is 15.8. The molecule has 8 heteroatoms. The molecule has 0 unspecified atom stereocenters. The Balaban J connectivity index is 1.50. The summed E-state index contributed by atoms with van der Waals surface area (Å²) >= 11 is 0. The molecular formula is C24H30N6O2. The molecule has 1 aliphatic rings. The second-order valence-corrected chi connectivity index (χ2v) is 8.40. The van der Waals surface area contributed by atoms with Gasteiger partial charge in [-0.2, -0.15) is 5.10 Å². The van der Waals surface area contributed by atoms with E-state index in [1.165, 1.54) is 0 Å². The van der Waals surface area contributed by atoms with Gasteiger partial charge in [0.25, 0.3) is 0 Å². The zero-order valence-corrected chi connectivity index (χ0v) is 19.2. The van der Waals surface area contributed by atoms with Crippen LogP contribution in [0.4, 0.5) is 5.95 Å². The summed E-state index contributed by atoms with van der Waals surface area (Å²) in [4.78, 5) is 26.2. The Labute approximate surface area is 188 Å². The molecule has 4 rings (SSSR count). The van der Waals surface area contributed by atoms with E-state index in [1.807, 2.05) is 73.8 Å². The van der Waals surface area contributed by atoms with Crippen LogP contribution in [0.1, 0.15) is 30.0 Å². The highest BCUT2D eigenvalue weighted by atomic mass is 16.5. The molecule has 1 aromatic carbocycles. The quantitative estimate of drug-likeness (QED) is 0.569. The number of aromatic nitrogens is 4. The molecular weight excluding hydrogens is 404 g/mol. The number of hydrogen-bond donors (Lipinski definition) is 0. The maximum atomic E-state index is 13.0. The van der Waals surface area contributed by atoms with Crippen molar-refractivity contribution in [2.75, 3.05) is 39.2 Å². The molecule has 0 N–H and O–H groups in total. The highest BCUT2D eigenvalue weighted by molar-refractivity contribution is 5.77. The third-order valence-electron chi connectivity index (χ3n) is 5.95. The van der Waals surface area contributed by atoms with Crippen molar-refractivity contribution in [2.45, 2.75) is 25.2 Å². The van der Waals surface area contributed by atoms with Crippen LogP contribution in [-0.4, -0.2) is 64.9 Å². The number of rotatable bonds is 7. The number of carbonyl (C=O) groups is 1. The SMILES string of the molecule is COc1ccccc1CCC(=O)N1CC[C@@H](c2nc(N(C)C)ncc2-c2cnn(C)c2)C1. The van der Waals surface area contributed by atoms with Gasteiger partial charge in [-0.1, -0.05) is 18.2 Å². The van der Waals surface area contributed by atoms with E-state index in [2.05, 4.69) is 10.1 Å². The first-order chi connectivity index (χ1) is 15.5. The lowest BCUT2D eigenvalue weighted by Gasteiger charge is -2.19. The van der Waals surface area contributed by atoms with Gasteiger partial charge in [-0.3, -0.25) is 9.48 Å². The van der Waals surface area contributed by atoms with Gasteiger partial charge in [0.1, 0.15) is 5.75 Å². The van der Waals surface area contributed by atoms with Gasteiger partial charge in [0.05, 0.1) is 19.0 Å². The minimum absolute atomic E-state index is 0.169. The molecule has 1 atom stereocenters. The van der Waals surface area contributed by atoms with Crippen LogP contribution in [0.15, 0.2) is 42.9 Å². The maximum absolute atomic E-state index is 13.0. The summed E-state index contributed by atoms with van der Waals surface area (Å²) in [5.41, 5.74) is 4.02. The fraction of sp³-hybridized carbons (Fsp3) is 0.417. The van der Waals surface area contributed by atoms with Gasteiger partial charge >= 0.3 is 0 Å². The minimum atomic E-state index is 0.169. The lowest BCUT2D eigenvalue weighted by atomic mass is 9.97. The van der Waals surface area contributed by atoms with E-state index in [0.29, 0.717) is 25.3 Å². The number of hydrogen-bond acceptors (Lipinski definition) is 6. The van der Waals surface area contributed by atoms with Crippen LogP contribution in [0.5, 0.6) is 5.75 Å². The Kier molecular flexibility index (Phi) is 6.39. The summed E-state index contributed by atoms with van der Waals surface area (Å²) in [6, 6.07) is 7.87. The standard InChI is InChI=1S/C24H30N6O2/c1-28(2)24-25-14-20(19-13-26-29(3)15-19)23(27-24)18-11-12-30(16-18)22(31)10-9-17-7-5-6-8-21(17)32-4/h5-8,13-15,18H,9-12,16H2,1-4H3/t18-/m1/s1. The van der Waals surface area contributed by atoms with Crippen LogP contribution < -0.4 is 9.64 Å². The van der Waals surface area contributed by atoms with Crippen molar-refractivity contribution in [3.05, 3.63) is 54.1 Å². The first kappa shape index (κ1) is 21.8. The molecule has 0 spiro atoms. The molecule has 3 aromatic rings. The average Bonchev–Trinajstić information content (AvgIpc) is 3.46. The molecule has 1 aliphatic heterocycles. The van der Waals surface area contributed by atoms with E-state index < -0.39 is 0 Å². The Morgan fingerprint density at radius 3 is 2.78 bits per heavy atom. The Bertz CT molecular complexity index is 1090. The van der Waals surface area contributed by atoms with Crippen LogP contribution in [0.25, 0.3) is 11.1 Å². The molecule has 1 saturated heterocycles. The van der Waals surface area contributed by atoms with Crippen molar-refractivity contribution in [3.63, 3.8) is 0 Å². The van der Waals surface area contributed by atoms with Crippen LogP contribution in [0.3, 0.4) is 0 Å². The van der Waals surface area contributed by atoms with Crippen molar-refractivity contribution in [3.8, 4) is 16.9 Å². The van der Waals surface area contributed by atoms with Crippen LogP contribution in [0, 0.1) is 0 Å². The predicted octanol–water partition coefficient (Wildman–Crippen LogP) is 2.90. The van der Waals surface area contributed by atoms with Gasteiger partial charge in [-0.15, -0.1) is 0 Å². The van der Waals surface area contributed by atoms with Crippen molar-refractivity contribution in [1.29, 1.82) is 0 Å². The maximum Gasteiger partial charge on any atom is 0.225 e. The smallest absolute Gasteiger partial charge is 0.225 e. The fourth-order valence-corrected chi connectivity index (χ4v) is 4.21. The molecule has 168 valence electrons. The van der Waals surface area contributed by atoms with Crippen molar-refractivity contribution in [2.24, 2.45) is 7.05 Å². The highest BCUT2D eigenvalue weighted by Crippen LogP contribution is 2.34. The number of likely N-dealkylation sites (tertiary alicyclic amines) is 1. The zero-order valence-electron chi connectivity index (χ0n) is 19.2. The second kappa shape index (κ2) is 9.38. The summed E-state index contributed by atoms with van der Waals surface area (Å²) in [6.45, 7) is 1.41. The Hall–Kier alpha value is -3.42. The monoisotopic (exact) mass is 434 g/mol. The third-order valence-corrected chi connectivity index (χ3v) is 5.95.